The highest BCUT2D eigenvalue weighted by Crippen LogP contribution is 2.43. The van der Waals surface area contributed by atoms with Crippen LogP contribution in [0.2, 0.25) is 5.02 Å². The molecule has 2 nitrogen and oxygen atoms in total. The Labute approximate surface area is 120 Å². The largest absolute Gasteiger partial charge is 0.488 e. The molecule has 1 N–H and O–H groups in total. The fourth-order valence-electron chi connectivity index (χ4n) is 3.48. The van der Waals surface area contributed by atoms with Crippen LogP contribution in [0.5, 0.6) is 5.75 Å². The topological polar surface area (TPSA) is 21.3 Å². The van der Waals surface area contributed by atoms with E-state index in [-0.39, 0.29) is 6.10 Å². The smallest absolute Gasteiger partial charge is 0.126 e. The lowest BCUT2D eigenvalue weighted by molar-refractivity contribution is 0.227. The zero-order valence-electron chi connectivity index (χ0n) is 11.5. The molecule has 3 rings (SSSR count). The van der Waals surface area contributed by atoms with Gasteiger partial charge in [0.1, 0.15) is 11.9 Å². The van der Waals surface area contributed by atoms with Gasteiger partial charge in [0.25, 0.3) is 0 Å². The second-order valence-electron chi connectivity index (χ2n) is 5.82. The van der Waals surface area contributed by atoms with Gasteiger partial charge in [-0.3, -0.25) is 0 Å². The molecule has 1 fully saturated rings. The highest BCUT2D eigenvalue weighted by atomic mass is 35.5. The van der Waals surface area contributed by atoms with Crippen LogP contribution >= 0.6 is 11.6 Å². The molecule has 3 heteroatoms. The molecule has 1 aliphatic carbocycles. The molecule has 0 bridgehead atoms. The van der Waals surface area contributed by atoms with Crippen molar-refractivity contribution in [2.75, 3.05) is 13.6 Å². The van der Waals surface area contributed by atoms with Crippen molar-refractivity contribution in [2.45, 2.75) is 50.5 Å². The molecule has 1 saturated carbocycles. The second kappa shape index (κ2) is 5.72. The van der Waals surface area contributed by atoms with Gasteiger partial charge in [0, 0.05) is 18.0 Å². The first-order chi connectivity index (χ1) is 9.28. The van der Waals surface area contributed by atoms with E-state index in [1.807, 2.05) is 7.05 Å². The molecule has 104 valence electrons. The van der Waals surface area contributed by atoms with E-state index < -0.39 is 0 Å². The van der Waals surface area contributed by atoms with E-state index in [0.29, 0.717) is 5.92 Å². The first-order valence-corrected chi connectivity index (χ1v) is 7.79. The fraction of sp³-hybridized carbons (Fsp3) is 0.625. The maximum Gasteiger partial charge on any atom is 0.126 e. The zero-order chi connectivity index (χ0) is 13.2. The molecule has 19 heavy (non-hydrogen) atoms. The molecule has 1 aromatic rings. The van der Waals surface area contributed by atoms with Crippen molar-refractivity contribution in [1.29, 1.82) is 0 Å². The lowest BCUT2D eigenvalue weighted by atomic mass is 9.83. The summed E-state index contributed by atoms with van der Waals surface area (Å²) in [5, 5.41) is 4.07. The Bertz CT molecular complexity index is 454. The summed E-state index contributed by atoms with van der Waals surface area (Å²) in [6.45, 7) is 0.899. The van der Waals surface area contributed by atoms with Crippen LogP contribution in [0.4, 0.5) is 0 Å². The normalized spacial score (nSPS) is 23.2. The van der Waals surface area contributed by atoms with E-state index in [4.69, 9.17) is 16.3 Å². The van der Waals surface area contributed by atoms with Crippen molar-refractivity contribution in [3.8, 4) is 5.75 Å². The van der Waals surface area contributed by atoms with Gasteiger partial charge in [-0.2, -0.15) is 0 Å². The van der Waals surface area contributed by atoms with Gasteiger partial charge < -0.3 is 10.1 Å². The number of halogens is 1. The Morgan fingerprint density at radius 3 is 2.79 bits per heavy atom. The Hall–Kier alpha value is -0.730. The van der Waals surface area contributed by atoms with Gasteiger partial charge in [0.15, 0.2) is 0 Å². The standard InChI is InChI=1S/C16H22ClNO/c1-18-10-14-8-12-7-13(17)9-15(16(12)19-14)11-5-3-2-4-6-11/h7,9,11,14,18H,2-6,8,10H2,1H3/t14-/m0/s1. The van der Waals surface area contributed by atoms with Crippen LogP contribution in [0.25, 0.3) is 0 Å². The van der Waals surface area contributed by atoms with Crippen LogP contribution in [0.1, 0.15) is 49.1 Å². The Morgan fingerprint density at radius 1 is 1.26 bits per heavy atom. The van der Waals surface area contributed by atoms with Crippen molar-refractivity contribution >= 4 is 11.6 Å². The average Bonchev–Trinajstić information content (AvgIpc) is 2.81. The van der Waals surface area contributed by atoms with E-state index in [9.17, 15) is 0 Å². The molecule has 1 aliphatic heterocycles. The second-order valence-corrected chi connectivity index (χ2v) is 6.26. The van der Waals surface area contributed by atoms with Crippen LogP contribution in [0.3, 0.4) is 0 Å². The molecule has 0 unspecified atom stereocenters. The quantitative estimate of drug-likeness (QED) is 0.906. The minimum absolute atomic E-state index is 0.265. The van der Waals surface area contributed by atoms with E-state index in [0.717, 1.165) is 23.7 Å². The molecule has 0 aromatic heterocycles. The minimum Gasteiger partial charge on any atom is -0.488 e. The molecular weight excluding hydrogens is 258 g/mol. The van der Waals surface area contributed by atoms with Crippen molar-refractivity contribution in [2.24, 2.45) is 0 Å². The van der Waals surface area contributed by atoms with Crippen LogP contribution in [-0.4, -0.2) is 19.7 Å². The molecule has 0 radical (unpaired) electrons. The van der Waals surface area contributed by atoms with Gasteiger partial charge in [0.05, 0.1) is 0 Å². The number of ether oxygens (including phenoxy) is 1. The fourth-order valence-corrected chi connectivity index (χ4v) is 3.73. The summed E-state index contributed by atoms with van der Waals surface area (Å²) in [6.07, 6.45) is 7.87. The maximum atomic E-state index is 6.30. The number of nitrogens with one attached hydrogen (secondary N) is 1. The van der Waals surface area contributed by atoms with Gasteiger partial charge in [-0.25, -0.2) is 0 Å². The Kier molecular flexibility index (Phi) is 3.99. The number of fused-ring (bicyclic) bond motifs is 1. The van der Waals surface area contributed by atoms with Crippen LogP contribution in [-0.2, 0) is 6.42 Å². The molecule has 2 aliphatic rings. The number of hydrogen-bond donors (Lipinski definition) is 1. The third-order valence-electron chi connectivity index (χ3n) is 4.37. The van der Waals surface area contributed by atoms with Crippen LogP contribution in [0, 0.1) is 0 Å². The first kappa shape index (κ1) is 13.3. The van der Waals surface area contributed by atoms with Gasteiger partial charge in [-0.1, -0.05) is 30.9 Å². The monoisotopic (exact) mass is 279 g/mol. The highest BCUT2D eigenvalue weighted by Gasteiger charge is 2.29. The lowest BCUT2D eigenvalue weighted by Gasteiger charge is -2.24. The molecule has 1 atom stereocenters. The number of likely N-dealkylation sites (N-methyl/N-ethyl adjacent to an activating group) is 1. The lowest BCUT2D eigenvalue weighted by Crippen LogP contribution is -2.27. The number of rotatable bonds is 3. The predicted molar refractivity (Wildman–Crippen MR) is 79.3 cm³/mol. The Morgan fingerprint density at radius 2 is 2.05 bits per heavy atom. The first-order valence-electron chi connectivity index (χ1n) is 7.41. The van der Waals surface area contributed by atoms with Gasteiger partial charge in [-0.15, -0.1) is 0 Å². The molecule has 0 spiro atoms. The Balaban J connectivity index is 1.89. The molecule has 0 amide bonds. The van der Waals surface area contributed by atoms with E-state index >= 15 is 0 Å². The summed E-state index contributed by atoms with van der Waals surface area (Å²) in [6, 6.07) is 4.22. The summed E-state index contributed by atoms with van der Waals surface area (Å²) in [4.78, 5) is 0. The third-order valence-corrected chi connectivity index (χ3v) is 4.59. The summed E-state index contributed by atoms with van der Waals surface area (Å²) < 4.78 is 6.17. The SMILES string of the molecule is CNC[C@@H]1Cc2cc(Cl)cc(C3CCCCC3)c2O1. The summed E-state index contributed by atoms with van der Waals surface area (Å²) in [7, 11) is 1.97. The summed E-state index contributed by atoms with van der Waals surface area (Å²) in [5.74, 6) is 1.78. The molecule has 0 saturated heterocycles. The van der Waals surface area contributed by atoms with E-state index in [1.54, 1.807) is 0 Å². The number of benzene rings is 1. The van der Waals surface area contributed by atoms with Gasteiger partial charge in [0.2, 0.25) is 0 Å². The van der Waals surface area contributed by atoms with Gasteiger partial charge in [-0.05, 0) is 49.1 Å². The van der Waals surface area contributed by atoms with Crippen LogP contribution in [0.15, 0.2) is 12.1 Å². The van der Waals surface area contributed by atoms with Crippen molar-refractivity contribution < 1.29 is 4.74 Å². The van der Waals surface area contributed by atoms with Crippen molar-refractivity contribution in [3.63, 3.8) is 0 Å². The average molecular weight is 280 g/mol. The molecule has 1 aromatic carbocycles. The minimum atomic E-state index is 0.265. The van der Waals surface area contributed by atoms with Crippen molar-refractivity contribution in [3.05, 3.63) is 28.3 Å². The number of hydrogen-bond acceptors (Lipinski definition) is 2. The summed E-state index contributed by atoms with van der Waals surface area (Å²) in [5.41, 5.74) is 2.66. The molecule has 1 heterocycles. The highest BCUT2D eigenvalue weighted by molar-refractivity contribution is 6.30. The van der Waals surface area contributed by atoms with Crippen LogP contribution < -0.4 is 10.1 Å². The maximum absolute atomic E-state index is 6.30. The summed E-state index contributed by atoms with van der Waals surface area (Å²) >= 11 is 6.30. The molecular formula is C16H22ClNO. The third kappa shape index (κ3) is 2.75. The predicted octanol–water partition coefficient (Wildman–Crippen LogP) is 3.91. The van der Waals surface area contributed by atoms with E-state index in [2.05, 4.69) is 17.4 Å². The zero-order valence-corrected chi connectivity index (χ0v) is 12.3. The van der Waals surface area contributed by atoms with Gasteiger partial charge >= 0.3 is 0 Å². The van der Waals surface area contributed by atoms with Crippen molar-refractivity contribution in [1.82, 2.24) is 5.32 Å². The van der Waals surface area contributed by atoms with E-state index in [1.165, 1.54) is 43.2 Å².